The molecule has 1 N–H and O–H groups in total. The van der Waals surface area contributed by atoms with Crippen molar-refractivity contribution in [1.29, 1.82) is 0 Å². The SMILES string of the molecule is CNC1CCN(Cc2cccc(S(=O)(=O)N(C)C)c2)CC1.Cl. The van der Waals surface area contributed by atoms with Gasteiger partial charge in [-0.1, -0.05) is 12.1 Å². The summed E-state index contributed by atoms with van der Waals surface area (Å²) in [7, 11) is 1.78. The van der Waals surface area contributed by atoms with Crippen LogP contribution in [0.15, 0.2) is 29.2 Å². The van der Waals surface area contributed by atoms with E-state index in [0.717, 1.165) is 38.0 Å². The zero-order valence-electron chi connectivity index (χ0n) is 13.4. The van der Waals surface area contributed by atoms with Gasteiger partial charge in [-0.3, -0.25) is 4.90 Å². The van der Waals surface area contributed by atoms with Gasteiger partial charge >= 0.3 is 0 Å². The van der Waals surface area contributed by atoms with Gasteiger partial charge in [0.15, 0.2) is 0 Å². The molecule has 22 heavy (non-hydrogen) atoms. The maximum absolute atomic E-state index is 12.2. The molecule has 1 aromatic carbocycles. The predicted octanol–water partition coefficient (Wildman–Crippen LogP) is 1.54. The molecule has 1 aliphatic heterocycles. The predicted molar refractivity (Wildman–Crippen MR) is 91.9 cm³/mol. The lowest BCUT2D eigenvalue weighted by Crippen LogP contribution is -2.40. The average molecular weight is 348 g/mol. The molecule has 0 aliphatic carbocycles. The van der Waals surface area contributed by atoms with E-state index in [1.54, 1.807) is 26.2 Å². The van der Waals surface area contributed by atoms with E-state index in [0.29, 0.717) is 10.9 Å². The van der Waals surface area contributed by atoms with Crippen molar-refractivity contribution in [2.75, 3.05) is 34.2 Å². The molecular weight excluding hydrogens is 322 g/mol. The Balaban J connectivity index is 0.00000242. The van der Waals surface area contributed by atoms with Gasteiger partial charge in [0.25, 0.3) is 0 Å². The first-order valence-electron chi connectivity index (χ1n) is 7.34. The maximum Gasteiger partial charge on any atom is 0.242 e. The smallest absolute Gasteiger partial charge is 0.242 e. The molecule has 2 rings (SSSR count). The van der Waals surface area contributed by atoms with E-state index >= 15 is 0 Å². The van der Waals surface area contributed by atoms with Crippen LogP contribution in [0.5, 0.6) is 0 Å². The van der Waals surface area contributed by atoms with E-state index in [1.807, 2.05) is 19.2 Å². The molecule has 0 unspecified atom stereocenters. The number of halogens is 1. The first-order valence-corrected chi connectivity index (χ1v) is 8.78. The number of hydrogen-bond donors (Lipinski definition) is 1. The van der Waals surface area contributed by atoms with Crippen LogP contribution in [0.25, 0.3) is 0 Å². The Kier molecular flexibility index (Phi) is 7.28. The molecule has 1 saturated heterocycles. The van der Waals surface area contributed by atoms with Gasteiger partial charge in [0.05, 0.1) is 4.90 Å². The van der Waals surface area contributed by atoms with Crippen LogP contribution in [0.1, 0.15) is 18.4 Å². The topological polar surface area (TPSA) is 52.7 Å². The summed E-state index contributed by atoms with van der Waals surface area (Å²) in [4.78, 5) is 2.75. The van der Waals surface area contributed by atoms with Gasteiger partial charge in [0.1, 0.15) is 0 Å². The van der Waals surface area contributed by atoms with Crippen LogP contribution < -0.4 is 5.32 Å². The quantitative estimate of drug-likeness (QED) is 0.878. The molecule has 1 heterocycles. The van der Waals surface area contributed by atoms with Gasteiger partial charge in [-0.25, -0.2) is 12.7 Å². The number of piperidine rings is 1. The van der Waals surface area contributed by atoms with Gasteiger partial charge in [0.2, 0.25) is 10.0 Å². The zero-order chi connectivity index (χ0) is 15.5. The zero-order valence-corrected chi connectivity index (χ0v) is 15.1. The Morgan fingerprint density at radius 1 is 1.27 bits per heavy atom. The fourth-order valence-corrected chi connectivity index (χ4v) is 3.63. The third-order valence-corrected chi connectivity index (χ3v) is 5.89. The van der Waals surface area contributed by atoms with Crippen molar-refractivity contribution in [2.24, 2.45) is 0 Å². The first kappa shape index (κ1) is 19.4. The molecule has 0 saturated carbocycles. The first-order chi connectivity index (χ1) is 9.93. The van der Waals surface area contributed by atoms with Gasteiger partial charge in [-0.15, -0.1) is 12.4 Å². The van der Waals surface area contributed by atoms with Crippen molar-refractivity contribution in [3.05, 3.63) is 29.8 Å². The third kappa shape index (κ3) is 4.67. The lowest BCUT2D eigenvalue weighted by atomic mass is 10.0. The van der Waals surface area contributed by atoms with Crippen molar-refractivity contribution < 1.29 is 8.42 Å². The highest BCUT2D eigenvalue weighted by Gasteiger charge is 2.20. The second-order valence-electron chi connectivity index (χ2n) is 5.77. The van der Waals surface area contributed by atoms with E-state index < -0.39 is 10.0 Å². The highest BCUT2D eigenvalue weighted by Crippen LogP contribution is 2.18. The Hall–Kier alpha value is -0.660. The van der Waals surface area contributed by atoms with Crippen LogP contribution in [-0.2, 0) is 16.6 Å². The normalized spacial score (nSPS) is 17.5. The number of hydrogen-bond acceptors (Lipinski definition) is 4. The number of likely N-dealkylation sites (tertiary alicyclic amines) is 1. The van der Waals surface area contributed by atoms with E-state index in [4.69, 9.17) is 0 Å². The van der Waals surface area contributed by atoms with Crippen LogP contribution in [0.4, 0.5) is 0 Å². The van der Waals surface area contributed by atoms with E-state index in [9.17, 15) is 8.42 Å². The highest BCUT2D eigenvalue weighted by molar-refractivity contribution is 7.89. The van der Waals surface area contributed by atoms with Crippen molar-refractivity contribution in [2.45, 2.75) is 30.3 Å². The number of benzene rings is 1. The van der Waals surface area contributed by atoms with Gasteiger partial charge < -0.3 is 5.32 Å². The summed E-state index contributed by atoms with van der Waals surface area (Å²) in [5.74, 6) is 0. The average Bonchev–Trinajstić information content (AvgIpc) is 2.48. The van der Waals surface area contributed by atoms with Crippen LogP contribution in [0.2, 0.25) is 0 Å². The second kappa shape index (κ2) is 8.26. The Bertz CT molecular complexity index is 570. The minimum absolute atomic E-state index is 0. The molecule has 0 aromatic heterocycles. The number of nitrogens with zero attached hydrogens (tertiary/aromatic N) is 2. The van der Waals surface area contributed by atoms with Crippen LogP contribution in [0, 0.1) is 0 Å². The van der Waals surface area contributed by atoms with Gasteiger partial charge in [-0.2, -0.15) is 0 Å². The standard InChI is InChI=1S/C15H25N3O2S.ClH/c1-16-14-7-9-18(10-8-14)12-13-5-4-6-15(11-13)21(19,20)17(2)3;/h4-6,11,14,16H,7-10,12H2,1-3H3;1H. The summed E-state index contributed by atoms with van der Waals surface area (Å²) >= 11 is 0. The summed E-state index contributed by atoms with van der Waals surface area (Å²) in [6.45, 7) is 2.92. The lowest BCUT2D eigenvalue weighted by molar-refractivity contribution is 0.194. The third-order valence-electron chi connectivity index (χ3n) is 4.08. The number of nitrogens with one attached hydrogen (secondary N) is 1. The minimum atomic E-state index is -3.35. The molecule has 1 aromatic rings. The molecule has 0 atom stereocenters. The number of rotatable bonds is 5. The summed E-state index contributed by atoms with van der Waals surface area (Å²) < 4.78 is 25.6. The molecule has 0 radical (unpaired) electrons. The molecule has 1 fully saturated rings. The molecule has 0 amide bonds. The van der Waals surface area contributed by atoms with Crippen molar-refractivity contribution in [3.8, 4) is 0 Å². The fourth-order valence-electron chi connectivity index (χ4n) is 2.65. The fraction of sp³-hybridized carbons (Fsp3) is 0.600. The van der Waals surface area contributed by atoms with E-state index in [2.05, 4.69) is 10.2 Å². The lowest BCUT2D eigenvalue weighted by Gasteiger charge is -2.31. The summed E-state index contributed by atoms with van der Waals surface area (Å²) in [6, 6.07) is 7.89. The van der Waals surface area contributed by atoms with Gasteiger partial charge in [-0.05, 0) is 50.7 Å². The molecule has 0 bridgehead atoms. The highest BCUT2D eigenvalue weighted by atomic mass is 35.5. The molecule has 126 valence electrons. The largest absolute Gasteiger partial charge is 0.317 e. The Morgan fingerprint density at radius 2 is 1.91 bits per heavy atom. The molecule has 1 aliphatic rings. The van der Waals surface area contributed by atoms with Crippen molar-refractivity contribution in [1.82, 2.24) is 14.5 Å². The molecule has 0 spiro atoms. The maximum atomic E-state index is 12.2. The number of sulfonamides is 1. The van der Waals surface area contributed by atoms with Crippen molar-refractivity contribution >= 4 is 22.4 Å². The Labute approximate surface area is 140 Å². The van der Waals surface area contributed by atoms with Crippen LogP contribution in [0.3, 0.4) is 0 Å². The monoisotopic (exact) mass is 347 g/mol. The molecule has 7 heteroatoms. The van der Waals surface area contributed by atoms with Crippen molar-refractivity contribution in [3.63, 3.8) is 0 Å². The summed E-state index contributed by atoms with van der Waals surface area (Å²) in [5, 5.41) is 3.32. The summed E-state index contributed by atoms with van der Waals surface area (Å²) in [5.41, 5.74) is 1.06. The van der Waals surface area contributed by atoms with Crippen LogP contribution in [-0.4, -0.2) is 57.9 Å². The van der Waals surface area contributed by atoms with E-state index in [1.165, 1.54) is 4.31 Å². The minimum Gasteiger partial charge on any atom is -0.317 e. The van der Waals surface area contributed by atoms with Gasteiger partial charge in [0, 0.05) is 26.7 Å². The Morgan fingerprint density at radius 3 is 2.45 bits per heavy atom. The molecular formula is C15H26ClN3O2S. The van der Waals surface area contributed by atoms with E-state index in [-0.39, 0.29) is 12.4 Å². The van der Waals surface area contributed by atoms with Crippen LogP contribution >= 0.6 is 12.4 Å². The summed E-state index contributed by atoms with van der Waals surface area (Å²) in [6.07, 6.45) is 2.29. The molecule has 5 nitrogen and oxygen atoms in total. The second-order valence-corrected chi connectivity index (χ2v) is 7.93.